The van der Waals surface area contributed by atoms with E-state index in [1.165, 1.54) is 26.5 Å². The molecule has 4 rings (SSSR count). The first-order valence-electron chi connectivity index (χ1n) is 7.63. The van der Waals surface area contributed by atoms with Crippen molar-refractivity contribution in [1.82, 2.24) is 0 Å². The zero-order chi connectivity index (χ0) is 15.2. The Morgan fingerprint density at radius 1 is 0.636 bits per heavy atom. The normalized spacial score (nSPS) is 22.7. The fourth-order valence-corrected chi connectivity index (χ4v) is 5.65. The Bertz CT molecular complexity index is 773. The molecule has 0 amide bonds. The molecule has 0 aromatic heterocycles. The third-order valence-electron chi connectivity index (χ3n) is 4.86. The lowest BCUT2D eigenvalue weighted by Crippen LogP contribution is -2.33. The molecule has 0 aliphatic carbocycles. The largest absolute Gasteiger partial charge is 0.164 e. The number of hydrogen-bond acceptors (Lipinski definition) is 0. The Hall–Kier alpha value is -1.99. The molecule has 22 heavy (non-hydrogen) atoms. The van der Waals surface area contributed by atoms with E-state index in [0.29, 0.717) is 0 Å². The van der Waals surface area contributed by atoms with E-state index in [1.54, 1.807) is 0 Å². The molecule has 3 aromatic rings. The average molecular weight is 303 g/mol. The van der Waals surface area contributed by atoms with Gasteiger partial charge in [-0.15, -0.1) is 0 Å². The molecule has 0 N–H and O–H groups in total. The Morgan fingerprint density at radius 3 is 1.64 bits per heavy atom. The Kier molecular flexibility index (Phi) is 3.12. The standard InChI is InChI=1S/C21H19S/c1-21(16-10-4-3-5-11-16)17-12-6-8-14-19(17)22(2)20-15-9-7-13-18(20)21/h3-15H,1-2H3/q+1. The van der Waals surface area contributed by atoms with E-state index < -0.39 is 0 Å². The van der Waals surface area contributed by atoms with Crippen molar-refractivity contribution in [3.05, 3.63) is 95.6 Å². The first kappa shape index (κ1) is 13.7. The maximum atomic E-state index is 2.37. The van der Waals surface area contributed by atoms with Crippen molar-refractivity contribution in [2.24, 2.45) is 0 Å². The molecule has 0 nitrogen and oxygen atoms in total. The summed E-state index contributed by atoms with van der Waals surface area (Å²) >= 11 is 0. The topological polar surface area (TPSA) is 0 Å². The van der Waals surface area contributed by atoms with Crippen LogP contribution < -0.4 is 0 Å². The van der Waals surface area contributed by atoms with Crippen LogP contribution >= 0.6 is 0 Å². The lowest BCUT2D eigenvalue weighted by atomic mass is 9.71. The summed E-state index contributed by atoms with van der Waals surface area (Å²) in [6, 6.07) is 28.8. The predicted octanol–water partition coefficient (Wildman–Crippen LogP) is 5.02. The van der Waals surface area contributed by atoms with Gasteiger partial charge in [0.2, 0.25) is 0 Å². The predicted molar refractivity (Wildman–Crippen MR) is 94.7 cm³/mol. The molecular weight excluding hydrogens is 284 g/mol. The number of fused-ring (bicyclic) bond motifs is 2. The molecule has 0 radical (unpaired) electrons. The molecule has 0 fully saturated rings. The van der Waals surface area contributed by atoms with Crippen LogP contribution in [0.15, 0.2) is 88.7 Å². The van der Waals surface area contributed by atoms with Crippen LogP contribution in [0.3, 0.4) is 0 Å². The van der Waals surface area contributed by atoms with E-state index in [0.717, 1.165) is 0 Å². The lowest BCUT2D eigenvalue weighted by Gasteiger charge is -2.36. The highest BCUT2D eigenvalue weighted by molar-refractivity contribution is 7.96. The van der Waals surface area contributed by atoms with E-state index in [-0.39, 0.29) is 16.3 Å². The quantitative estimate of drug-likeness (QED) is 0.554. The zero-order valence-corrected chi connectivity index (χ0v) is 13.7. The Morgan fingerprint density at radius 2 is 1.09 bits per heavy atom. The molecule has 108 valence electrons. The number of benzene rings is 3. The van der Waals surface area contributed by atoms with Gasteiger partial charge in [-0.3, -0.25) is 0 Å². The molecule has 1 heteroatoms. The SMILES string of the molecule is C[S+]1c2ccccc2C(C)(c2ccccc2)c2ccccc21. The second-order valence-corrected chi connectivity index (χ2v) is 7.89. The smallest absolute Gasteiger partial charge is 0.0622 e. The van der Waals surface area contributed by atoms with Crippen LogP contribution in [0.4, 0.5) is 0 Å². The van der Waals surface area contributed by atoms with Crippen LogP contribution in [-0.2, 0) is 16.3 Å². The molecule has 3 aromatic carbocycles. The van der Waals surface area contributed by atoms with Crippen molar-refractivity contribution >= 4 is 10.9 Å². The summed E-state index contributed by atoms with van der Waals surface area (Å²) in [6.45, 7) is 2.37. The summed E-state index contributed by atoms with van der Waals surface area (Å²) in [5.74, 6) is 0. The summed E-state index contributed by atoms with van der Waals surface area (Å²) < 4.78 is 0. The van der Waals surface area contributed by atoms with Gasteiger partial charge in [-0.1, -0.05) is 66.7 Å². The summed E-state index contributed by atoms with van der Waals surface area (Å²) in [5.41, 5.74) is 4.19. The van der Waals surface area contributed by atoms with E-state index >= 15 is 0 Å². The summed E-state index contributed by atoms with van der Waals surface area (Å²) in [5, 5.41) is 0. The van der Waals surface area contributed by atoms with E-state index in [9.17, 15) is 0 Å². The van der Waals surface area contributed by atoms with Gasteiger partial charge in [-0.2, -0.15) is 0 Å². The van der Waals surface area contributed by atoms with Crippen molar-refractivity contribution < 1.29 is 0 Å². The second-order valence-electron chi connectivity index (χ2n) is 5.99. The van der Waals surface area contributed by atoms with Gasteiger partial charge in [0, 0.05) is 11.1 Å². The van der Waals surface area contributed by atoms with Gasteiger partial charge in [0.25, 0.3) is 0 Å². The molecule has 1 aliphatic heterocycles. The van der Waals surface area contributed by atoms with Crippen LogP contribution in [0, 0.1) is 0 Å². The molecular formula is C21H19S+. The van der Waals surface area contributed by atoms with Gasteiger partial charge in [-0.25, -0.2) is 0 Å². The van der Waals surface area contributed by atoms with Crippen molar-refractivity contribution in [2.45, 2.75) is 22.1 Å². The molecule has 0 saturated carbocycles. The second kappa shape index (κ2) is 5.03. The van der Waals surface area contributed by atoms with Gasteiger partial charge in [0.05, 0.1) is 16.3 Å². The summed E-state index contributed by atoms with van der Waals surface area (Å²) in [6.07, 6.45) is 2.35. The highest BCUT2D eigenvalue weighted by atomic mass is 32.2. The van der Waals surface area contributed by atoms with E-state index in [2.05, 4.69) is 92.0 Å². The number of hydrogen-bond donors (Lipinski definition) is 0. The average Bonchev–Trinajstić information content (AvgIpc) is 2.60. The first-order valence-corrected chi connectivity index (χ1v) is 9.26. The van der Waals surface area contributed by atoms with Gasteiger partial charge in [0.15, 0.2) is 9.79 Å². The molecule has 0 unspecified atom stereocenters. The highest BCUT2D eigenvalue weighted by Gasteiger charge is 2.45. The van der Waals surface area contributed by atoms with Crippen LogP contribution in [0.1, 0.15) is 23.6 Å². The molecule has 0 saturated heterocycles. The fourth-order valence-electron chi connectivity index (χ4n) is 3.64. The van der Waals surface area contributed by atoms with Crippen molar-refractivity contribution in [1.29, 1.82) is 0 Å². The van der Waals surface area contributed by atoms with Crippen LogP contribution in [-0.4, -0.2) is 6.26 Å². The Balaban J connectivity index is 2.09. The third-order valence-corrected chi connectivity index (χ3v) is 6.89. The molecule has 1 aliphatic rings. The number of rotatable bonds is 1. The minimum atomic E-state index is -0.0754. The van der Waals surface area contributed by atoms with Gasteiger partial charge in [-0.05, 0) is 24.6 Å². The molecule has 0 atom stereocenters. The monoisotopic (exact) mass is 303 g/mol. The maximum absolute atomic E-state index is 2.37. The fraction of sp³-hybridized carbons (Fsp3) is 0.143. The summed E-state index contributed by atoms with van der Waals surface area (Å²) in [4.78, 5) is 2.96. The molecule has 1 heterocycles. The van der Waals surface area contributed by atoms with E-state index in [4.69, 9.17) is 0 Å². The zero-order valence-electron chi connectivity index (χ0n) is 12.9. The lowest BCUT2D eigenvalue weighted by molar-refractivity contribution is 0.653. The van der Waals surface area contributed by atoms with Crippen LogP contribution in [0.2, 0.25) is 0 Å². The summed E-state index contributed by atoms with van der Waals surface area (Å²) in [7, 11) is 0.140. The van der Waals surface area contributed by atoms with Crippen LogP contribution in [0.5, 0.6) is 0 Å². The highest BCUT2D eigenvalue weighted by Crippen LogP contribution is 2.49. The van der Waals surface area contributed by atoms with Gasteiger partial charge >= 0.3 is 0 Å². The Labute approximate surface area is 135 Å². The minimum absolute atomic E-state index is 0.0754. The maximum Gasteiger partial charge on any atom is 0.164 e. The minimum Gasteiger partial charge on any atom is -0.0622 e. The van der Waals surface area contributed by atoms with E-state index in [1.807, 2.05) is 0 Å². The first-order chi connectivity index (χ1) is 10.7. The van der Waals surface area contributed by atoms with Crippen LogP contribution in [0.25, 0.3) is 0 Å². The molecule has 0 spiro atoms. The third kappa shape index (κ3) is 1.79. The van der Waals surface area contributed by atoms with Crippen molar-refractivity contribution in [3.63, 3.8) is 0 Å². The van der Waals surface area contributed by atoms with Crippen molar-refractivity contribution in [2.75, 3.05) is 6.26 Å². The molecule has 0 bridgehead atoms. The van der Waals surface area contributed by atoms with Gasteiger partial charge < -0.3 is 0 Å². The van der Waals surface area contributed by atoms with Crippen molar-refractivity contribution in [3.8, 4) is 0 Å². The van der Waals surface area contributed by atoms with Gasteiger partial charge in [0.1, 0.15) is 6.26 Å².